The summed E-state index contributed by atoms with van der Waals surface area (Å²) in [5, 5.41) is 0. The molecular weight excluding hydrogens is 243 g/mol. The number of halogens is 3. The van der Waals surface area contributed by atoms with Gasteiger partial charge in [0.15, 0.2) is 6.10 Å². The first-order valence-electron chi connectivity index (χ1n) is 5.93. The lowest BCUT2D eigenvalue weighted by atomic mass is 10.1. The Morgan fingerprint density at radius 2 is 1.89 bits per heavy atom. The van der Waals surface area contributed by atoms with E-state index in [1.807, 2.05) is 30.3 Å². The van der Waals surface area contributed by atoms with Crippen molar-refractivity contribution < 1.29 is 17.9 Å². The van der Waals surface area contributed by atoms with E-state index in [2.05, 4.69) is 0 Å². The molecule has 100 valence electrons. The molecule has 18 heavy (non-hydrogen) atoms. The summed E-state index contributed by atoms with van der Waals surface area (Å²) < 4.78 is 43.0. The van der Waals surface area contributed by atoms with Gasteiger partial charge in [0.2, 0.25) is 0 Å². The fraction of sp³-hybridized carbons (Fsp3) is 0.538. The predicted octanol–water partition coefficient (Wildman–Crippen LogP) is 2.84. The van der Waals surface area contributed by atoms with E-state index >= 15 is 0 Å². The molecule has 0 unspecified atom stereocenters. The molecule has 1 aliphatic rings. The van der Waals surface area contributed by atoms with Crippen molar-refractivity contribution in [1.29, 1.82) is 0 Å². The highest BCUT2D eigenvalue weighted by molar-refractivity contribution is 5.14. The van der Waals surface area contributed by atoms with Gasteiger partial charge in [-0.3, -0.25) is 4.90 Å². The van der Waals surface area contributed by atoms with E-state index in [1.165, 1.54) is 0 Å². The van der Waals surface area contributed by atoms with Gasteiger partial charge in [0.25, 0.3) is 0 Å². The Labute approximate surface area is 104 Å². The van der Waals surface area contributed by atoms with Crippen molar-refractivity contribution in [2.24, 2.45) is 0 Å². The third-order valence-corrected chi connectivity index (χ3v) is 2.95. The number of benzene rings is 1. The molecule has 0 N–H and O–H groups in total. The zero-order valence-corrected chi connectivity index (χ0v) is 10.2. The maximum atomic E-state index is 12.7. The summed E-state index contributed by atoms with van der Waals surface area (Å²) in [6.45, 7) is 2.64. The van der Waals surface area contributed by atoms with Crippen LogP contribution in [0.3, 0.4) is 0 Å². The zero-order chi connectivity index (χ0) is 13.2. The zero-order valence-electron chi connectivity index (χ0n) is 10.2. The minimum atomic E-state index is -4.29. The topological polar surface area (TPSA) is 12.5 Å². The van der Waals surface area contributed by atoms with E-state index in [1.54, 1.807) is 11.8 Å². The van der Waals surface area contributed by atoms with Crippen LogP contribution in [0.2, 0.25) is 0 Å². The highest BCUT2D eigenvalue weighted by Crippen LogP contribution is 2.28. The maximum Gasteiger partial charge on any atom is 0.415 e. The lowest BCUT2D eigenvalue weighted by molar-refractivity contribution is -0.252. The number of morpholine rings is 1. The van der Waals surface area contributed by atoms with Crippen LogP contribution in [0.25, 0.3) is 0 Å². The molecule has 0 spiro atoms. The molecule has 1 fully saturated rings. The molecule has 0 amide bonds. The molecule has 0 saturated carbocycles. The molecule has 2 atom stereocenters. The SMILES string of the molecule is C[C@H]1CN(Cc2ccccc2)C[C@@H](C(F)(F)F)O1. The third kappa shape index (κ3) is 3.46. The number of rotatable bonds is 2. The lowest BCUT2D eigenvalue weighted by Crippen LogP contribution is -2.51. The fourth-order valence-electron chi connectivity index (χ4n) is 2.19. The number of alkyl halides is 3. The summed E-state index contributed by atoms with van der Waals surface area (Å²) in [5.74, 6) is 0. The first-order valence-corrected chi connectivity index (χ1v) is 5.93. The number of hydrogen-bond acceptors (Lipinski definition) is 2. The molecule has 0 radical (unpaired) electrons. The fourth-order valence-corrected chi connectivity index (χ4v) is 2.19. The Balaban J connectivity index is 2.01. The number of nitrogens with zero attached hydrogens (tertiary/aromatic N) is 1. The van der Waals surface area contributed by atoms with E-state index in [0.29, 0.717) is 13.1 Å². The van der Waals surface area contributed by atoms with Gasteiger partial charge in [-0.1, -0.05) is 30.3 Å². The van der Waals surface area contributed by atoms with Crippen molar-refractivity contribution >= 4 is 0 Å². The Bertz CT molecular complexity index is 380. The van der Waals surface area contributed by atoms with Gasteiger partial charge in [0.05, 0.1) is 6.10 Å². The third-order valence-electron chi connectivity index (χ3n) is 2.95. The summed E-state index contributed by atoms with van der Waals surface area (Å²) in [6.07, 6.45) is -6.36. The van der Waals surface area contributed by atoms with Crippen molar-refractivity contribution in [3.8, 4) is 0 Å². The average Bonchev–Trinajstić information content (AvgIpc) is 2.28. The van der Waals surface area contributed by atoms with Crippen LogP contribution in [0, 0.1) is 0 Å². The van der Waals surface area contributed by atoms with E-state index in [4.69, 9.17) is 4.74 Å². The van der Waals surface area contributed by atoms with Crippen LogP contribution in [0.4, 0.5) is 13.2 Å². The highest BCUT2D eigenvalue weighted by Gasteiger charge is 2.44. The van der Waals surface area contributed by atoms with Gasteiger partial charge in [-0.15, -0.1) is 0 Å². The van der Waals surface area contributed by atoms with Crippen molar-refractivity contribution in [3.05, 3.63) is 35.9 Å². The summed E-state index contributed by atoms with van der Waals surface area (Å²) in [7, 11) is 0. The molecule has 1 saturated heterocycles. The molecule has 1 heterocycles. The second-order valence-corrected chi connectivity index (χ2v) is 4.66. The number of hydrogen-bond donors (Lipinski definition) is 0. The van der Waals surface area contributed by atoms with Crippen molar-refractivity contribution in [2.75, 3.05) is 13.1 Å². The Morgan fingerprint density at radius 1 is 1.22 bits per heavy atom. The molecule has 0 bridgehead atoms. The van der Waals surface area contributed by atoms with Gasteiger partial charge < -0.3 is 4.74 Å². The van der Waals surface area contributed by atoms with Gasteiger partial charge in [0.1, 0.15) is 0 Å². The lowest BCUT2D eigenvalue weighted by Gasteiger charge is -2.37. The van der Waals surface area contributed by atoms with Crippen LogP contribution in [0.5, 0.6) is 0 Å². The number of ether oxygens (including phenoxy) is 1. The van der Waals surface area contributed by atoms with Crippen molar-refractivity contribution in [3.63, 3.8) is 0 Å². The van der Waals surface area contributed by atoms with Crippen LogP contribution in [0.15, 0.2) is 30.3 Å². The normalized spacial score (nSPS) is 26.2. The van der Waals surface area contributed by atoms with E-state index in [9.17, 15) is 13.2 Å². The second kappa shape index (κ2) is 5.28. The molecule has 2 nitrogen and oxygen atoms in total. The quantitative estimate of drug-likeness (QED) is 0.809. The molecule has 2 rings (SSSR count). The van der Waals surface area contributed by atoms with Gasteiger partial charge >= 0.3 is 6.18 Å². The largest absolute Gasteiger partial charge is 0.415 e. The van der Waals surface area contributed by atoms with Crippen LogP contribution in [0.1, 0.15) is 12.5 Å². The average molecular weight is 259 g/mol. The smallest absolute Gasteiger partial charge is 0.363 e. The first kappa shape index (κ1) is 13.4. The van der Waals surface area contributed by atoms with Gasteiger partial charge in [-0.25, -0.2) is 0 Å². The molecule has 1 aliphatic heterocycles. The van der Waals surface area contributed by atoms with Gasteiger partial charge in [-0.05, 0) is 12.5 Å². The summed E-state index contributed by atoms with van der Waals surface area (Å²) in [4.78, 5) is 1.79. The van der Waals surface area contributed by atoms with E-state index in [-0.39, 0.29) is 6.54 Å². The van der Waals surface area contributed by atoms with E-state index in [0.717, 1.165) is 5.56 Å². The van der Waals surface area contributed by atoms with Gasteiger partial charge in [-0.2, -0.15) is 13.2 Å². The maximum absolute atomic E-state index is 12.7. The standard InChI is InChI=1S/C13H16F3NO/c1-10-7-17(8-11-5-3-2-4-6-11)9-12(18-10)13(14,15)16/h2-6,10,12H,7-9H2,1H3/t10-,12-/m0/s1. The molecular formula is C13H16F3NO. The Hall–Kier alpha value is -1.07. The monoisotopic (exact) mass is 259 g/mol. The van der Waals surface area contributed by atoms with Crippen molar-refractivity contribution in [1.82, 2.24) is 4.90 Å². The summed E-state index contributed by atoms with van der Waals surface area (Å²) >= 11 is 0. The first-order chi connectivity index (χ1) is 8.45. The summed E-state index contributed by atoms with van der Waals surface area (Å²) in [6, 6.07) is 9.51. The van der Waals surface area contributed by atoms with Crippen LogP contribution >= 0.6 is 0 Å². The Kier molecular flexibility index (Phi) is 3.92. The van der Waals surface area contributed by atoms with Gasteiger partial charge in [0, 0.05) is 19.6 Å². The highest BCUT2D eigenvalue weighted by atomic mass is 19.4. The molecule has 0 aromatic heterocycles. The minimum absolute atomic E-state index is 0.0945. The Morgan fingerprint density at radius 3 is 2.50 bits per heavy atom. The molecule has 5 heteroatoms. The summed E-state index contributed by atoms with van der Waals surface area (Å²) in [5.41, 5.74) is 1.02. The predicted molar refractivity (Wildman–Crippen MR) is 62.1 cm³/mol. The molecule has 1 aromatic rings. The molecule has 1 aromatic carbocycles. The molecule has 0 aliphatic carbocycles. The second-order valence-electron chi connectivity index (χ2n) is 4.66. The van der Waals surface area contributed by atoms with E-state index < -0.39 is 18.4 Å². The van der Waals surface area contributed by atoms with Crippen molar-refractivity contribution in [2.45, 2.75) is 31.9 Å². The van der Waals surface area contributed by atoms with Crippen LogP contribution < -0.4 is 0 Å². The minimum Gasteiger partial charge on any atom is -0.363 e. The van der Waals surface area contributed by atoms with Crippen LogP contribution in [-0.2, 0) is 11.3 Å². The van der Waals surface area contributed by atoms with Crippen LogP contribution in [-0.4, -0.2) is 36.4 Å².